The summed E-state index contributed by atoms with van der Waals surface area (Å²) in [6.07, 6.45) is -0.332. The number of nitrogens with one attached hydrogen (secondary N) is 2. The number of rotatable bonds is 0. The van der Waals surface area contributed by atoms with Crippen molar-refractivity contribution in [2.75, 3.05) is 19.6 Å². The molecule has 0 aromatic carbocycles. The molecule has 2 rings (SSSR count). The molecule has 0 radical (unpaired) electrons. The van der Waals surface area contributed by atoms with Gasteiger partial charge in [0.05, 0.1) is 19.6 Å². The molecule has 2 fully saturated rings. The zero-order valence-corrected chi connectivity index (χ0v) is 9.79. The fourth-order valence-electron chi connectivity index (χ4n) is 1.86. The van der Waals surface area contributed by atoms with E-state index >= 15 is 0 Å². The van der Waals surface area contributed by atoms with E-state index < -0.39 is 11.3 Å². The van der Waals surface area contributed by atoms with E-state index in [1.54, 1.807) is 4.90 Å². The number of carbonyl (C=O) groups excluding carboxylic acids is 2. The van der Waals surface area contributed by atoms with Crippen molar-refractivity contribution in [2.45, 2.75) is 32.0 Å². The van der Waals surface area contributed by atoms with E-state index in [2.05, 4.69) is 10.6 Å². The summed E-state index contributed by atoms with van der Waals surface area (Å²) >= 11 is 0. The van der Waals surface area contributed by atoms with Crippen molar-refractivity contribution < 1.29 is 14.3 Å². The predicted octanol–water partition coefficient (Wildman–Crippen LogP) is -0.347. The molecule has 2 saturated heterocycles. The van der Waals surface area contributed by atoms with Crippen LogP contribution in [0.15, 0.2) is 0 Å². The lowest BCUT2D eigenvalue weighted by Crippen LogP contribution is -2.73. The van der Waals surface area contributed by atoms with E-state index in [4.69, 9.17) is 4.74 Å². The Morgan fingerprint density at radius 2 is 2.06 bits per heavy atom. The second kappa shape index (κ2) is 3.35. The van der Waals surface area contributed by atoms with Crippen molar-refractivity contribution in [3.05, 3.63) is 0 Å². The van der Waals surface area contributed by atoms with E-state index in [0.29, 0.717) is 19.6 Å². The van der Waals surface area contributed by atoms with Crippen molar-refractivity contribution in [2.24, 2.45) is 0 Å². The zero-order valence-electron chi connectivity index (χ0n) is 9.79. The van der Waals surface area contributed by atoms with Crippen LogP contribution in [0.5, 0.6) is 0 Å². The highest BCUT2D eigenvalue weighted by Gasteiger charge is 2.50. The summed E-state index contributed by atoms with van der Waals surface area (Å²) in [7, 11) is 0. The van der Waals surface area contributed by atoms with Crippen LogP contribution < -0.4 is 10.6 Å². The third-order valence-electron chi connectivity index (χ3n) is 2.54. The maximum Gasteiger partial charge on any atom is 0.410 e. The van der Waals surface area contributed by atoms with Gasteiger partial charge in [-0.05, 0) is 20.8 Å². The summed E-state index contributed by atoms with van der Waals surface area (Å²) in [5, 5.41) is 5.87. The first kappa shape index (κ1) is 11.2. The lowest BCUT2D eigenvalue weighted by Gasteiger charge is -2.47. The van der Waals surface area contributed by atoms with Gasteiger partial charge in [0.15, 0.2) is 0 Å². The Hall–Kier alpha value is -1.30. The van der Waals surface area contributed by atoms with Crippen molar-refractivity contribution in [3.63, 3.8) is 0 Å². The Balaban J connectivity index is 1.84. The molecule has 2 aliphatic heterocycles. The van der Waals surface area contributed by atoms with E-state index in [1.165, 1.54) is 0 Å². The van der Waals surface area contributed by atoms with Gasteiger partial charge in [0.1, 0.15) is 11.3 Å². The molecule has 1 spiro atoms. The first-order valence-electron chi connectivity index (χ1n) is 5.34. The minimum atomic E-state index is -0.480. The van der Waals surface area contributed by atoms with Crippen LogP contribution in [0.25, 0.3) is 0 Å². The number of ether oxygens (including phenoxy) is 1. The monoisotopic (exact) mass is 227 g/mol. The Labute approximate surface area is 94.3 Å². The van der Waals surface area contributed by atoms with Crippen LogP contribution in [-0.4, -0.2) is 47.8 Å². The average molecular weight is 227 g/mol. The summed E-state index contributed by atoms with van der Waals surface area (Å²) in [5.41, 5.74) is -0.889. The first-order chi connectivity index (χ1) is 7.30. The molecule has 2 heterocycles. The molecule has 2 aliphatic rings. The third-order valence-corrected chi connectivity index (χ3v) is 2.54. The van der Waals surface area contributed by atoms with Crippen LogP contribution in [0.3, 0.4) is 0 Å². The van der Waals surface area contributed by atoms with Gasteiger partial charge < -0.3 is 15.0 Å². The summed E-state index contributed by atoms with van der Waals surface area (Å²) in [5.74, 6) is -0.0242. The molecular formula is C10H17N3O3. The molecule has 6 nitrogen and oxygen atoms in total. The zero-order chi connectivity index (χ0) is 12.0. The Bertz CT molecular complexity index is 329. The van der Waals surface area contributed by atoms with Crippen LogP contribution in [0, 0.1) is 0 Å². The maximum atomic E-state index is 11.6. The molecule has 2 amide bonds. The highest BCUT2D eigenvalue weighted by Crippen LogP contribution is 2.23. The van der Waals surface area contributed by atoms with Crippen molar-refractivity contribution in [1.29, 1.82) is 0 Å². The molecule has 6 heteroatoms. The van der Waals surface area contributed by atoms with Gasteiger partial charge in [0.2, 0.25) is 5.91 Å². The molecule has 2 N–H and O–H groups in total. The lowest BCUT2D eigenvalue weighted by atomic mass is 10.0. The van der Waals surface area contributed by atoms with E-state index in [1.807, 2.05) is 20.8 Å². The Kier molecular flexibility index (Phi) is 2.34. The van der Waals surface area contributed by atoms with Gasteiger partial charge in [0.25, 0.3) is 0 Å². The topological polar surface area (TPSA) is 70.7 Å². The molecular weight excluding hydrogens is 210 g/mol. The fraction of sp³-hybridized carbons (Fsp3) is 0.800. The van der Waals surface area contributed by atoms with Crippen LogP contribution in [-0.2, 0) is 9.53 Å². The molecule has 0 unspecified atom stereocenters. The van der Waals surface area contributed by atoms with Crippen LogP contribution >= 0.6 is 0 Å². The molecule has 0 aromatic heterocycles. The second-order valence-corrected chi connectivity index (χ2v) is 5.32. The molecule has 16 heavy (non-hydrogen) atoms. The quantitative estimate of drug-likeness (QED) is 0.593. The highest BCUT2D eigenvalue weighted by atomic mass is 16.6. The third kappa shape index (κ3) is 2.11. The van der Waals surface area contributed by atoms with Crippen molar-refractivity contribution in [1.82, 2.24) is 15.5 Å². The van der Waals surface area contributed by atoms with E-state index in [0.717, 1.165) is 0 Å². The minimum Gasteiger partial charge on any atom is -0.444 e. The van der Waals surface area contributed by atoms with Gasteiger partial charge in [-0.3, -0.25) is 10.1 Å². The Morgan fingerprint density at radius 3 is 2.50 bits per heavy atom. The SMILES string of the molecule is CC(C)(C)OC(=O)N1CC2(C1)NCC(=O)N2. The largest absolute Gasteiger partial charge is 0.444 e. The van der Waals surface area contributed by atoms with Gasteiger partial charge in [-0.25, -0.2) is 4.79 Å². The van der Waals surface area contributed by atoms with E-state index in [9.17, 15) is 9.59 Å². The number of carbonyl (C=O) groups is 2. The van der Waals surface area contributed by atoms with Crippen molar-refractivity contribution >= 4 is 12.0 Å². The Morgan fingerprint density at radius 1 is 1.44 bits per heavy atom. The standard InChI is InChI=1S/C10H17N3O3/c1-9(2,3)16-8(15)13-5-10(6-13)11-4-7(14)12-10/h11H,4-6H2,1-3H3,(H,12,14). The number of hydrogen-bond donors (Lipinski definition) is 2. The van der Waals surface area contributed by atoms with Crippen molar-refractivity contribution in [3.8, 4) is 0 Å². The average Bonchev–Trinajstić information content (AvgIpc) is 2.41. The molecule has 0 aromatic rings. The fourth-order valence-corrected chi connectivity index (χ4v) is 1.86. The maximum absolute atomic E-state index is 11.6. The minimum absolute atomic E-state index is 0.0242. The molecule has 0 aliphatic carbocycles. The molecule has 0 bridgehead atoms. The lowest BCUT2D eigenvalue weighted by molar-refractivity contribution is -0.119. The van der Waals surface area contributed by atoms with Crippen LogP contribution in [0.4, 0.5) is 4.79 Å². The highest BCUT2D eigenvalue weighted by molar-refractivity contribution is 5.82. The number of likely N-dealkylation sites (tertiary alicyclic amines) is 1. The number of hydrogen-bond acceptors (Lipinski definition) is 4. The summed E-state index contributed by atoms with van der Waals surface area (Å²) in [4.78, 5) is 24.2. The van der Waals surface area contributed by atoms with Gasteiger partial charge in [-0.2, -0.15) is 0 Å². The van der Waals surface area contributed by atoms with Crippen LogP contribution in [0.2, 0.25) is 0 Å². The second-order valence-electron chi connectivity index (χ2n) is 5.32. The van der Waals surface area contributed by atoms with Gasteiger partial charge >= 0.3 is 6.09 Å². The van der Waals surface area contributed by atoms with E-state index in [-0.39, 0.29) is 12.0 Å². The summed E-state index contributed by atoms with van der Waals surface area (Å²) < 4.78 is 5.22. The summed E-state index contributed by atoms with van der Waals surface area (Å²) in [6, 6.07) is 0. The number of amides is 2. The van der Waals surface area contributed by atoms with Gasteiger partial charge in [0, 0.05) is 0 Å². The first-order valence-corrected chi connectivity index (χ1v) is 5.34. The molecule has 0 atom stereocenters. The van der Waals surface area contributed by atoms with Gasteiger partial charge in [-0.15, -0.1) is 0 Å². The molecule has 0 saturated carbocycles. The smallest absolute Gasteiger partial charge is 0.410 e. The predicted molar refractivity (Wildman–Crippen MR) is 56.7 cm³/mol. The normalized spacial score (nSPS) is 22.9. The number of nitrogens with zero attached hydrogens (tertiary/aromatic N) is 1. The van der Waals surface area contributed by atoms with Gasteiger partial charge in [-0.1, -0.05) is 0 Å². The molecule has 90 valence electrons. The summed E-state index contributed by atoms with van der Waals surface area (Å²) in [6.45, 7) is 6.74. The van der Waals surface area contributed by atoms with Crippen LogP contribution in [0.1, 0.15) is 20.8 Å².